The molecule has 2 aliphatic heterocycles. The van der Waals surface area contributed by atoms with Crippen LogP contribution in [0.1, 0.15) is 16.7 Å². The highest BCUT2D eigenvalue weighted by Crippen LogP contribution is 2.42. The molecule has 0 N–H and O–H groups in total. The number of ether oxygens (including phenoxy) is 2. The maximum atomic E-state index is 6.88. The molecule has 3 heteroatoms. The van der Waals surface area contributed by atoms with Gasteiger partial charge in [-0.1, -0.05) is 104 Å². The van der Waals surface area contributed by atoms with E-state index in [0.717, 1.165) is 67.2 Å². The zero-order chi connectivity index (χ0) is 28.1. The van der Waals surface area contributed by atoms with Gasteiger partial charge in [0.05, 0.1) is 0 Å². The van der Waals surface area contributed by atoms with Crippen molar-refractivity contribution in [2.24, 2.45) is 0 Å². The Morgan fingerprint density at radius 2 is 1.34 bits per heavy atom. The lowest BCUT2D eigenvalue weighted by molar-refractivity contribution is 0.465. The molecule has 41 heavy (non-hydrogen) atoms. The number of fused-ring (bicyclic) bond motifs is 4. The van der Waals surface area contributed by atoms with Gasteiger partial charge in [-0.05, 0) is 88.0 Å². The maximum absolute atomic E-state index is 6.88. The fourth-order valence-electron chi connectivity index (χ4n) is 6.22. The van der Waals surface area contributed by atoms with Crippen molar-refractivity contribution >= 4 is 28.7 Å². The van der Waals surface area contributed by atoms with Gasteiger partial charge in [-0.3, -0.25) is 0 Å². The van der Waals surface area contributed by atoms with Gasteiger partial charge in [0.15, 0.2) is 0 Å². The van der Waals surface area contributed by atoms with E-state index in [4.69, 9.17) is 9.47 Å². The Hall–Kier alpha value is -5.02. The van der Waals surface area contributed by atoms with Crippen molar-refractivity contribution in [2.45, 2.75) is 13.8 Å². The van der Waals surface area contributed by atoms with Gasteiger partial charge in [0, 0.05) is 11.0 Å². The fraction of sp³-hybridized carbons (Fsp3) is 0.0526. The summed E-state index contributed by atoms with van der Waals surface area (Å²) in [5.74, 6) is 3.42. The Bertz CT molecular complexity index is 1910. The lowest BCUT2D eigenvalue weighted by Gasteiger charge is -2.34. The number of rotatable bonds is 5. The van der Waals surface area contributed by atoms with E-state index in [0.29, 0.717) is 0 Å². The number of hydrogen-bond donors (Lipinski definition) is 0. The molecule has 0 aliphatic carbocycles. The highest BCUT2D eigenvalue weighted by Gasteiger charge is 2.41. The van der Waals surface area contributed by atoms with Crippen LogP contribution in [0.3, 0.4) is 0 Å². The molecule has 0 radical (unpaired) electrons. The van der Waals surface area contributed by atoms with Crippen molar-refractivity contribution in [3.63, 3.8) is 0 Å². The van der Waals surface area contributed by atoms with Crippen LogP contribution in [0.2, 0.25) is 0 Å². The van der Waals surface area contributed by atoms with Crippen molar-refractivity contribution in [1.82, 2.24) is 0 Å². The summed E-state index contributed by atoms with van der Waals surface area (Å²) in [5.41, 5.74) is 12.4. The molecule has 0 atom stereocenters. The second-order valence-electron chi connectivity index (χ2n) is 10.7. The molecule has 0 aromatic heterocycles. The zero-order valence-corrected chi connectivity index (χ0v) is 23.3. The lowest BCUT2D eigenvalue weighted by atomic mass is 9.34. The van der Waals surface area contributed by atoms with Crippen LogP contribution in [0.4, 0.5) is 0 Å². The topological polar surface area (TPSA) is 18.5 Å². The second-order valence-corrected chi connectivity index (χ2v) is 10.7. The van der Waals surface area contributed by atoms with Gasteiger partial charge in [-0.2, -0.15) is 0 Å². The highest BCUT2D eigenvalue weighted by molar-refractivity contribution is 6.98. The third-order valence-electron chi connectivity index (χ3n) is 8.27. The minimum Gasteiger partial charge on any atom is -0.458 e. The Morgan fingerprint density at radius 3 is 2.05 bits per heavy atom. The van der Waals surface area contributed by atoms with Gasteiger partial charge >= 0.3 is 0 Å². The molecule has 2 heterocycles. The van der Waals surface area contributed by atoms with Gasteiger partial charge in [0.1, 0.15) is 23.0 Å². The van der Waals surface area contributed by atoms with Gasteiger partial charge in [0.2, 0.25) is 0 Å². The number of benzene rings is 5. The summed E-state index contributed by atoms with van der Waals surface area (Å²) in [6.07, 6.45) is 5.60. The van der Waals surface area contributed by atoms with Crippen LogP contribution in [0.5, 0.6) is 23.0 Å². The molecule has 2 aliphatic rings. The summed E-state index contributed by atoms with van der Waals surface area (Å²) in [4.78, 5) is 0. The first-order valence-electron chi connectivity index (χ1n) is 14.0. The zero-order valence-electron chi connectivity index (χ0n) is 23.3. The van der Waals surface area contributed by atoms with Crippen LogP contribution in [0, 0.1) is 13.8 Å². The molecule has 5 aromatic rings. The monoisotopic (exact) mass is 528 g/mol. The minimum atomic E-state index is -0.0213. The van der Waals surface area contributed by atoms with Crippen LogP contribution in [-0.4, -0.2) is 6.71 Å². The first-order chi connectivity index (χ1) is 20.1. The van der Waals surface area contributed by atoms with Gasteiger partial charge in [0.25, 0.3) is 6.71 Å². The van der Waals surface area contributed by atoms with E-state index in [1.807, 2.05) is 12.2 Å². The Morgan fingerprint density at radius 1 is 0.659 bits per heavy atom. The van der Waals surface area contributed by atoms with Crippen LogP contribution in [-0.2, 0) is 0 Å². The van der Waals surface area contributed by atoms with Crippen LogP contribution >= 0.6 is 0 Å². The molecule has 7 rings (SSSR count). The number of aryl methyl sites for hydroxylation is 2. The molecule has 196 valence electrons. The Balaban J connectivity index is 1.47. The molecule has 0 spiro atoms. The third kappa shape index (κ3) is 4.05. The summed E-state index contributed by atoms with van der Waals surface area (Å²) >= 11 is 0. The summed E-state index contributed by atoms with van der Waals surface area (Å²) in [5, 5.41) is 0. The van der Waals surface area contributed by atoms with E-state index in [1.54, 1.807) is 6.08 Å². The molecular weight excluding hydrogens is 499 g/mol. The molecule has 0 amide bonds. The quantitative estimate of drug-likeness (QED) is 0.166. The first kappa shape index (κ1) is 25.0. The van der Waals surface area contributed by atoms with E-state index in [2.05, 4.69) is 124 Å². The molecular formula is C38H29BO2. The number of hydrogen-bond acceptors (Lipinski definition) is 2. The Labute approximate surface area is 242 Å². The molecule has 2 nitrogen and oxygen atoms in total. The molecule has 0 unspecified atom stereocenters. The normalized spacial score (nSPS) is 12.8. The van der Waals surface area contributed by atoms with Crippen molar-refractivity contribution in [3.8, 4) is 45.3 Å². The standard InChI is InChI=1S/C38H29BO2/c1-5-11-26(6-2)27-16-19-32-35(22-27)40-34-21-18-31(30-15-10-8-13-25(30)4)38-37(34)39(32)33-20-17-28(23-36(33)41-38)29-14-9-7-12-24(29)3/h5-23H,1-2H2,3-4H3/b26-11+. The molecule has 5 aromatic carbocycles. The summed E-state index contributed by atoms with van der Waals surface area (Å²) in [6.45, 7) is 12.1. The van der Waals surface area contributed by atoms with E-state index >= 15 is 0 Å². The highest BCUT2D eigenvalue weighted by atomic mass is 16.5. The van der Waals surface area contributed by atoms with Crippen molar-refractivity contribution in [3.05, 3.63) is 145 Å². The van der Waals surface area contributed by atoms with Gasteiger partial charge in [-0.25, -0.2) is 0 Å². The van der Waals surface area contributed by atoms with E-state index < -0.39 is 0 Å². The van der Waals surface area contributed by atoms with E-state index in [9.17, 15) is 0 Å². The lowest BCUT2D eigenvalue weighted by Crippen LogP contribution is -2.57. The van der Waals surface area contributed by atoms with Crippen molar-refractivity contribution < 1.29 is 9.47 Å². The van der Waals surface area contributed by atoms with Crippen molar-refractivity contribution in [1.29, 1.82) is 0 Å². The molecule has 0 saturated heterocycles. The van der Waals surface area contributed by atoms with Gasteiger partial charge < -0.3 is 9.47 Å². The second kappa shape index (κ2) is 9.87. The van der Waals surface area contributed by atoms with Crippen LogP contribution in [0.15, 0.2) is 128 Å². The van der Waals surface area contributed by atoms with Crippen LogP contribution in [0.25, 0.3) is 27.8 Å². The fourth-order valence-corrected chi connectivity index (χ4v) is 6.22. The average molecular weight is 528 g/mol. The molecule has 0 saturated carbocycles. The minimum absolute atomic E-state index is 0.0213. The van der Waals surface area contributed by atoms with Crippen LogP contribution < -0.4 is 25.9 Å². The predicted octanol–water partition coefficient (Wildman–Crippen LogP) is 8.12. The SMILES string of the molecule is C=C/C=C(\C=C)c1ccc2c(c1)Oc1ccc(-c3ccccc3C)c3c1B2c1ccc(-c2ccccc2C)cc1O3. The maximum Gasteiger partial charge on any atom is 0.260 e. The summed E-state index contributed by atoms with van der Waals surface area (Å²) < 4.78 is 13.5. The third-order valence-corrected chi connectivity index (χ3v) is 8.27. The van der Waals surface area contributed by atoms with Crippen molar-refractivity contribution in [2.75, 3.05) is 0 Å². The smallest absolute Gasteiger partial charge is 0.260 e. The molecule has 0 bridgehead atoms. The summed E-state index contributed by atoms with van der Waals surface area (Å²) in [6, 6.07) is 34.3. The molecule has 0 fully saturated rings. The number of allylic oxidation sites excluding steroid dienone is 4. The predicted molar refractivity (Wildman–Crippen MR) is 173 cm³/mol. The Kier molecular flexibility index (Phi) is 6.01. The average Bonchev–Trinajstić information content (AvgIpc) is 3.00. The van der Waals surface area contributed by atoms with E-state index in [1.165, 1.54) is 16.7 Å². The van der Waals surface area contributed by atoms with Gasteiger partial charge in [-0.15, -0.1) is 0 Å². The summed E-state index contributed by atoms with van der Waals surface area (Å²) in [7, 11) is 0. The first-order valence-corrected chi connectivity index (χ1v) is 14.0. The van der Waals surface area contributed by atoms with E-state index in [-0.39, 0.29) is 6.71 Å². The largest absolute Gasteiger partial charge is 0.458 e.